The lowest BCUT2D eigenvalue weighted by Gasteiger charge is -2.26. The first-order valence-electron chi connectivity index (χ1n) is 6.13. The van der Waals surface area contributed by atoms with Crippen LogP contribution < -0.4 is 10.5 Å². The standard InChI is InChI=1S/C14H21NO/c1-10-6-13(8-15)14(7-11(10)2)16-9-12-4-3-5-12/h6-7,12H,3-5,8-9,15H2,1-2H3. The summed E-state index contributed by atoms with van der Waals surface area (Å²) in [6, 6.07) is 4.27. The van der Waals surface area contributed by atoms with Crippen molar-refractivity contribution < 1.29 is 4.74 Å². The maximum Gasteiger partial charge on any atom is 0.124 e. The van der Waals surface area contributed by atoms with Gasteiger partial charge in [0.25, 0.3) is 0 Å². The van der Waals surface area contributed by atoms with Gasteiger partial charge in [0, 0.05) is 12.1 Å². The number of benzene rings is 1. The molecule has 2 N–H and O–H groups in total. The van der Waals surface area contributed by atoms with Gasteiger partial charge < -0.3 is 10.5 Å². The van der Waals surface area contributed by atoms with Gasteiger partial charge in [0.1, 0.15) is 5.75 Å². The number of hydrogen-bond acceptors (Lipinski definition) is 2. The van der Waals surface area contributed by atoms with Crippen LogP contribution in [-0.4, -0.2) is 6.61 Å². The normalized spacial score (nSPS) is 15.9. The van der Waals surface area contributed by atoms with E-state index in [0.717, 1.165) is 23.8 Å². The molecule has 0 unspecified atom stereocenters. The van der Waals surface area contributed by atoms with Gasteiger partial charge in [-0.2, -0.15) is 0 Å². The molecule has 1 aromatic carbocycles. The van der Waals surface area contributed by atoms with E-state index in [1.165, 1.54) is 30.4 Å². The zero-order valence-electron chi connectivity index (χ0n) is 10.3. The summed E-state index contributed by atoms with van der Waals surface area (Å²) in [5.74, 6) is 1.75. The summed E-state index contributed by atoms with van der Waals surface area (Å²) < 4.78 is 5.89. The lowest BCUT2D eigenvalue weighted by Crippen LogP contribution is -2.20. The number of ether oxygens (including phenoxy) is 1. The predicted molar refractivity (Wildman–Crippen MR) is 66.6 cm³/mol. The van der Waals surface area contributed by atoms with Gasteiger partial charge in [0.2, 0.25) is 0 Å². The van der Waals surface area contributed by atoms with Crippen molar-refractivity contribution >= 4 is 0 Å². The molecule has 2 rings (SSSR count). The van der Waals surface area contributed by atoms with Crippen LogP contribution in [-0.2, 0) is 6.54 Å². The highest BCUT2D eigenvalue weighted by Gasteiger charge is 2.18. The minimum absolute atomic E-state index is 0.557. The summed E-state index contributed by atoms with van der Waals surface area (Å²) in [5.41, 5.74) is 9.44. The second-order valence-corrected chi connectivity index (χ2v) is 4.86. The molecular formula is C14H21NO. The van der Waals surface area contributed by atoms with Crippen molar-refractivity contribution in [1.82, 2.24) is 0 Å². The van der Waals surface area contributed by atoms with Crippen molar-refractivity contribution in [2.24, 2.45) is 11.7 Å². The Bertz CT molecular complexity index is 369. The molecule has 0 heterocycles. The van der Waals surface area contributed by atoms with Gasteiger partial charge >= 0.3 is 0 Å². The molecule has 1 fully saturated rings. The maximum atomic E-state index is 5.89. The van der Waals surface area contributed by atoms with Crippen LogP contribution in [0.2, 0.25) is 0 Å². The Kier molecular flexibility index (Phi) is 3.49. The smallest absolute Gasteiger partial charge is 0.124 e. The summed E-state index contributed by atoms with van der Waals surface area (Å²) in [6.45, 7) is 5.65. The molecule has 0 aromatic heterocycles. The third kappa shape index (κ3) is 2.38. The van der Waals surface area contributed by atoms with Crippen molar-refractivity contribution in [2.45, 2.75) is 39.7 Å². The Hall–Kier alpha value is -1.02. The van der Waals surface area contributed by atoms with Crippen LogP contribution in [0.1, 0.15) is 36.0 Å². The topological polar surface area (TPSA) is 35.2 Å². The third-order valence-corrected chi connectivity index (χ3v) is 3.60. The van der Waals surface area contributed by atoms with Crippen molar-refractivity contribution in [3.05, 3.63) is 28.8 Å². The van der Waals surface area contributed by atoms with E-state index in [9.17, 15) is 0 Å². The molecule has 1 aliphatic rings. The van der Waals surface area contributed by atoms with Crippen LogP contribution in [0.15, 0.2) is 12.1 Å². The largest absolute Gasteiger partial charge is 0.493 e. The maximum absolute atomic E-state index is 5.89. The minimum Gasteiger partial charge on any atom is -0.493 e. The summed E-state index contributed by atoms with van der Waals surface area (Å²) >= 11 is 0. The molecule has 88 valence electrons. The molecule has 16 heavy (non-hydrogen) atoms. The zero-order chi connectivity index (χ0) is 11.5. The monoisotopic (exact) mass is 219 g/mol. The summed E-state index contributed by atoms with van der Waals surface area (Å²) in [5, 5.41) is 0. The van der Waals surface area contributed by atoms with Gasteiger partial charge in [0.05, 0.1) is 6.61 Å². The summed E-state index contributed by atoms with van der Waals surface area (Å²) in [7, 11) is 0. The fourth-order valence-electron chi connectivity index (χ4n) is 2.01. The number of rotatable bonds is 4. The van der Waals surface area contributed by atoms with Gasteiger partial charge in [-0.05, 0) is 49.8 Å². The van der Waals surface area contributed by atoms with E-state index in [4.69, 9.17) is 10.5 Å². The Morgan fingerprint density at radius 1 is 1.25 bits per heavy atom. The molecule has 0 saturated heterocycles. The molecule has 1 saturated carbocycles. The molecule has 0 atom stereocenters. The van der Waals surface area contributed by atoms with Crippen LogP contribution in [0.3, 0.4) is 0 Å². The van der Waals surface area contributed by atoms with Gasteiger partial charge in [-0.1, -0.05) is 12.5 Å². The highest BCUT2D eigenvalue weighted by atomic mass is 16.5. The van der Waals surface area contributed by atoms with E-state index in [2.05, 4.69) is 26.0 Å². The Balaban J connectivity index is 2.08. The average Bonchev–Trinajstić information content (AvgIpc) is 2.20. The van der Waals surface area contributed by atoms with E-state index in [1.54, 1.807) is 0 Å². The van der Waals surface area contributed by atoms with E-state index >= 15 is 0 Å². The molecule has 1 aliphatic carbocycles. The highest BCUT2D eigenvalue weighted by molar-refractivity contribution is 5.41. The predicted octanol–water partition coefficient (Wildman–Crippen LogP) is 2.94. The molecule has 2 heteroatoms. The highest BCUT2D eigenvalue weighted by Crippen LogP contribution is 2.29. The fourth-order valence-corrected chi connectivity index (χ4v) is 2.01. The average molecular weight is 219 g/mol. The molecule has 0 spiro atoms. The van der Waals surface area contributed by atoms with Crippen LogP contribution in [0.25, 0.3) is 0 Å². The zero-order valence-corrected chi connectivity index (χ0v) is 10.3. The summed E-state index contributed by atoms with van der Waals surface area (Å²) in [4.78, 5) is 0. The minimum atomic E-state index is 0.557. The number of aryl methyl sites for hydroxylation is 2. The Labute approximate surface area is 97.8 Å². The number of nitrogens with two attached hydrogens (primary N) is 1. The molecule has 2 nitrogen and oxygen atoms in total. The summed E-state index contributed by atoms with van der Waals surface area (Å²) in [6.07, 6.45) is 4.01. The van der Waals surface area contributed by atoms with Crippen molar-refractivity contribution in [3.63, 3.8) is 0 Å². The molecule has 1 aromatic rings. The van der Waals surface area contributed by atoms with Gasteiger partial charge in [-0.3, -0.25) is 0 Å². The number of hydrogen-bond donors (Lipinski definition) is 1. The van der Waals surface area contributed by atoms with Crippen LogP contribution in [0.4, 0.5) is 0 Å². The molecular weight excluding hydrogens is 198 g/mol. The first-order chi connectivity index (χ1) is 7.70. The lowest BCUT2D eigenvalue weighted by atomic mass is 9.86. The van der Waals surface area contributed by atoms with Gasteiger partial charge in [-0.25, -0.2) is 0 Å². The van der Waals surface area contributed by atoms with Crippen molar-refractivity contribution in [2.75, 3.05) is 6.61 Å². The quantitative estimate of drug-likeness (QED) is 0.845. The molecule has 0 aliphatic heterocycles. The molecule has 0 radical (unpaired) electrons. The fraction of sp³-hybridized carbons (Fsp3) is 0.571. The second kappa shape index (κ2) is 4.88. The lowest BCUT2D eigenvalue weighted by molar-refractivity contribution is 0.179. The van der Waals surface area contributed by atoms with Crippen LogP contribution in [0, 0.1) is 19.8 Å². The SMILES string of the molecule is Cc1cc(CN)c(OCC2CCC2)cc1C. The van der Waals surface area contributed by atoms with Crippen molar-refractivity contribution in [1.29, 1.82) is 0 Å². The molecule has 0 bridgehead atoms. The Morgan fingerprint density at radius 3 is 2.50 bits per heavy atom. The van der Waals surface area contributed by atoms with Crippen LogP contribution >= 0.6 is 0 Å². The second-order valence-electron chi connectivity index (χ2n) is 4.86. The van der Waals surface area contributed by atoms with E-state index in [0.29, 0.717) is 6.54 Å². The Morgan fingerprint density at radius 2 is 1.94 bits per heavy atom. The molecule has 0 amide bonds. The first kappa shape index (κ1) is 11.5. The van der Waals surface area contributed by atoms with E-state index < -0.39 is 0 Å². The van der Waals surface area contributed by atoms with Crippen molar-refractivity contribution in [3.8, 4) is 5.75 Å². The third-order valence-electron chi connectivity index (χ3n) is 3.60. The van der Waals surface area contributed by atoms with E-state index in [1.807, 2.05) is 0 Å². The first-order valence-corrected chi connectivity index (χ1v) is 6.13. The van der Waals surface area contributed by atoms with Gasteiger partial charge in [-0.15, -0.1) is 0 Å². The van der Waals surface area contributed by atoms with Crippen LogP contribution in [0.5, 0.6) is 5.75 Å². The van der Waals surface area contributed by atoms with Gasteiger partial charge in [0.15, 0.2) is 0 Å². The van der Waals surface area contributed by atoms with E-state index in [-0.39, 0.29) is 0 Å².